The summed E-state index contributed by atoms with van der Waals surface area (Å²) in [4.78, 5) is 7.00. The second kappa shape index (κ2) is 16.4. The third-order valence-electron chi connectivity index (χ3n) is 11.7. The van der Waals surface area contributed by atoms with Crippen molar-refractivity contribution in [1.82, 2.24) is 25.2 Å². The predicted molar refractivity (Wildman–Crippen MR) is 240 cm³/mol. The molecule has 0 N–H and O–H groups in total. The summed E-state index contributed by atoms with van der Waals surface area (Å²) in [7, 11) is 0. The van der Waals surface area contributed by atoms with Crippen LogP contribution in [0.4, 0.5) is 0 Å². The van der Waals surface area contributed by atoms with E-state index in [4.69, 9.17) is 24.8 Å². The number of nitrogens with zero attached hydrogens (tertiary/aromatic N) is 5. The zero-order chi connectivity index (χ0) is 40.1. The van der Waals surface area contributed by atoms with Gasteiger partial charge in [-0.2, -0.15) is 0 Å². The molecule has 6 heteroatoms. The smallest absolute Gasteiger partial charge is 0.223 e. The molecule has 10 rings (SSSR count). The Morgan fingerprint density at radius 1 is 0.567 bits per heavy atom. The van der Waals surface area contributed by atoms with Gasteiger partial charge in [0.2, 0.25) is 11.7 Å². The lowest BCUT2D eigenvalue weighted by Gasteiger charge is -2.34. The lowest BCUT2D eigenvalue weighted by molar-refractivity contribution is 0.396. The van der Waals surface area contributed by atoms with Crippen LogP contribution in [0, 0.1) is 5.92 Å². The van der Waals surface area contributed by atoms with Gasteiger partial charge in [-0.15, -0.1) is 15.0 Å². The molecule has 1 atom stereocenters. The fourth-order valence-electron chi connectivity index (χ4n) is 8.87. The van der Waals surface area contributed by atoms with Crippen LogP contribution in [0.2, 0.25) is 0 Å². The van der Waals surface area contributed by atoms with E-state index in [-0.39, 0.29) is 5.92 Å². The Kier molecular flexibility index (Phi) is 10.1. The van der Waals surface area contributed by atoms with Crippen LogP contribution in [0.15, 0.2) is 211 Å². The molecular weight excluding hydrogens is 735 g/mol. The number of rotatable bonds is 11. The van der Waals surface area contributed by atoms with Gasteiger partial charge in [0.15, 0.2) is 11.3 Å². The molecule has 1 aliphatic carbocycles. The molecule has 2 aromatic heterocycles. The molecule has 0 unspecified atom stereocenters. The normalized spacial score (nSPS) is 14.1. The van der Waals surface area contributed by atoms with E-state index in [0.717, 1.165) is 81.6 Å². The van der Waals surface area contributed by atoms with Gasteiger partial charge in [0.25, 0.3) is 0 Å². The molecule has 0 amide bonds. The van der Waals surface area contributed by atoms with Crippen molar-refractivity contribution < 1.29 is 4.42 Å². The molecular formula is C54H43N5O. The van der Waals surface area contributed by atoms with Crippen LogP contribution in [0.5, 0.6) is 0 Å². The minimum Gasteiger partial charge on any atom is -0.436 e. The van der Waals surface area contributed by atoms with Crippen molar-refractivity contribution >= 4 is 5.57 Å². The van der Waals surface area contributed by atoms with Crippen LogP contribution in [0.3, 0.4) is 0 Å². The summed E-state index contributed by atoms with van der Waals surface area (Å²) in [5.41, 5.74) is 10.7. The highest BCUT2D eigenvalue weighted by atomic mass is 16.4. The van der Waals surface area contributed by atoms with Crippen LogP contribution >= 0.6 is 0 Å². The molecule has 0 saturated carbocycles. The van der Waals surface area contributed by atoms with Gasteiger partial charge < -0.3 is 4.42 Å². The molecule has 0 bridgehead atoms. The third-order valence-corrected chi connectivity index (χ3v) is 11.7. The summed E-state index contributed by atoms with van der Waals surface area (Å²) in [6, 6.07) is 69.3. The lowest BCUT2D eigenvalue weighted by Crippen LogP contribution is -2.39. The van der Waals surface area contributed by atoms with Crippen molar-refractivity contribution in [2.24, 2.45) is 5.92 Å². The minimum atomic E-state index is -0.859. The second-order valence-electron chi connectivity index (χ2n) is 15.4. The highest BCUT2D eigenvalue weighted by Crippen LogP contribution is 2.42. The topological polar surface area (TPSA) is 69.6 Å². The molecule has 290 valence electrons. The van der Waals surface area contributed by atoms with Gasteiger partial charge in [0.05, 0.1) is 0 Å². The number of hydrogen-bond acceptors (Lipinski definition) is 5. The Hall–Kier alpha value is -7.44. The fourth-order valence-corrected chi connectivity index (χ4v) is 8.87. The Morgan fingerprint density at radius 2 is 1.12 bits per heavy atom. The molecule has 1 aliphatic rings. The quantitative estimate of drug-likeness (QED) is 0.122. The Morgan fingerprint density at radius 3 is 1.75 bits per heavy atom. The zero-order valence-electron chi connectivity index (χ0n) is 33.2. The molecule has 6 nitrogen and oxygen atoms in total. The van der Waals surface area contributed by atoms with Crippen LogP contribution in [0.25, 0.3) is 50.7 Å². The summed E-state index contributed by atoms with van der Waals surface area (Å²) in [5.74, 6) is 2.34. The van der Waals surface area contributed by atoms with Crippen molar-refractivity contribution in [3.8, 4) is 45.1 Å². The minimum absolute atomic E-state index is 0.263. The average molecular weight is 778 g/mol. The predicted octanol–water partition coefficient (Wildman–Crippen LogP) is 12.6. The maximum Gasteiger partial charge on any atom is 0.223 e. The van der Waals surface area contributed by atoms with Crippen molar-refractivity contribution in [2.75, 3.05) is 0 Å². The number of oxazole rings is 1. The first-order valence-electron chi connectivity index (χ1n) is 20.7. The number of aromatic nitrogens is 5. The summed E-state index contributed by atoms with van der Waals surface area (Å²) in [6.07, 6.45) is 6.42. The van der Waals surface area contributed by atoms with Crippen molar-refractivity contribution in [1.29, 1.82) is 0 Å². The van der Waals surface area contributed by atoms with Gasteiger partial charge in [-0.1, -0.05) is 206 Å². The molecule has 9 aromatic rings. The first-order chi connectivity index (χ1) is 29.8. The number of allylic oxidation sites excluding steroid dienone is 2. The Labute approximate surface area is 350 Å². The van der Waals surface area contributed by atoms with Crippen molar-refractivity contribution in [3.05, 3.63) is 234 Å². The molecule has 0 saturated heterocycles. The van der Waals surface area contributed by atoms with Crippen LogP contribution in [-0.2, 0) is 12.0 Å². The van der Waals surface area contributed by atoms with E-state index >= 15 is 0 Å². The van der Waals surface area contributed by atoms with Gasteiger partial charge in [-0.25, -0.2) is 4.98 Å². The summed E-state index contributed by atoms with van der Waals surface area (Å²) in [6.45, 7) is 0. The van der Waals surface area contributed by atoms with E-state index in [2.05, 4.69) is 158 Å². The maximum absolute atomic E-state index is 6.73. The van der Waals surface area contributed by atoms with Crippen molar-refractivity contribution in [2.45, 2.75) is 31.2 Å². The number of benzene rings is 7. The average Bonchev–Trinajstić information content (AvgIpc) is 4.01. The second-order valence-corrected chi connectivity index (χ2v) is 15.4. The van der Waals surface area contributed by atoms with E-state index < -0.39 is 5.54 Å². The van der Waals surface area contributed by atoms with Crippen LogP contribution in [-0.4, -0.2) is 25.2 Å². The van der Waals surface area contributed by atoms with Crippen molar-refractivity contribution in [3.63, 3.8) is 0 Å². The number of hydrogen-bond donors (Lipinski definition) is 0. The van der Waals surface area contributed by atoms with E-state index in [1.165, 1.54) is 11.1 Å². The first kappa shape index (κ1) is 36.9. The fraction of sp³-hybridized carbons (Fsp3) is 0.111. The highest BCUT2D eigenvalue weighted by Gasteiger charge is 2.41. The van der Waals surface area contributed by atoms with Gasteiger partial charge in [0, 0.05) is 22.3 Å². The van der Waals surface area contributed by atoms with Crippen LogP contribution in [0.1, 0.15) is 47.4 Å². The van der Waals surface area contributed by atoms with E-state index in [1.54, 1.807) is 4.80 Å². The largest absolute Gasteiger partial charge is 0.436 e. The third kappa shape index (κ3) is 6.96. The maximum atomic E-state index is 6.73. The molecule has 0 fully saturated rings. The van der Waals surface area contributed by atoms with Gasteiger partial charge in [-0.05, 0) is 70.2 Å². The number of tetrazole rings is 1. The lowest BCUT2D eigenvalue weighted by atomic mass is 9.77. The highest BCUT2D eigenvalue weighted by molar-refractivity contribution is 5.81. The van der Waals surface area contributed by atoms with Crippen LogP contribution < -0.4 is 0 Å². The van der Waals surface area contributed by atoms with E-state index in [0.29, 0.717) is 11.7 Å². The summed E-state index contributed by atoms with van der Waals surface area (Å²) in [5, 5.41) is 14.9. The molecule has 0 spiro atoms. The van der Waals surface area contributed by atoms with Gasteiger partial charge in [-0.3, -0.25) is 0 Å². The van der Waals surface area contributed by atoms with Gasteiger partial charge in [0.1, 0.15) is 5.69 Å². The Balaban J connectivity index is 0.999. The molecule has 7 aromatic carbocycles. The Bertz CT molecular complexity index is 2710. The molecule has 2 heterocycles. The monoisotopic (exact) mass is 777 g/mol. The van der Waals surface area contributed by atoms with E-state index in [9.17, 15) is 0 Å². The SMILES string of the molecule is C1=C(c2nc(-c3ccccc3)c(-c3ccccc3)o2)[C@H](Cc2cccc(-c3ccccc3-c3nnn(C(c4ccccc4)(c4ccccc4)c4ccccc4)n3)c2)CCC1. The van der Waals surface area contributed by atoms with Gasteiger partial charge >= 0.3 is 0 Å². The molecule has 0 aliphatic heterocycles. The zero-order valence-corrected chi connectivity index (χ0v) is 33.2. The van der Waals surface area contributed by atoms with E-state index in [1.807, 2.05) is 48.5 Å². The standard InChI is InChI=1S/C54H43N5O/c1-6-22-40(23-7-1)50-51(41-24-8-2-9-25-41)60-53(55-50)48-35-17-16-26-43(48)38-39-21-20-27-42(37-39)47-34-18-19-36-49(47)52-56-58-59(57-52)54(44-28-10-3-11-29-44,45-30-12-4-13-31-45)46-32-14-5-15-33-46/h1-15,18-25,27-37,43H,16-17,26,38H2/t43-/m0/s1. The first-order valence-corrected chi connectivity index (χ1v) is 20.7. The summed E-state index contributed by atoms with van der Waals surface area (Å²) < 4.78 is 6.73. The molecule has 60 heavy (non-hydrogen) atoms. The summed E-state index contributed by atoms with van der Waals surface area (Å²) >= 11 is 0. The molecule has 0 radical (unpaired) electrons.